The zero-order valence-corrected chi connectivity index (χ0v) is 11.6. The van der Waals surface area contributed by atoms with Crippen molar-refractivity contribution in [3.8, 4) is 11.5 Å². The molecule has 6 heteroatoms. The highest BCUT2D eigenvalue weighted by molar-refractivity contribution is 6.04. The Morgan fingerprint density at radius 3 is 2.55 bits per heavy atom. The number of nitrogens with two attached hydrogens (primary N) is 1. The molecule has 1 aromatic heterocycles. The summed E-state index contributed by atoms with van der Waals surface area (Å²) in [5.74, 6) is 0.926. The third-order valence-electron chi connectivity index (χ3n) is 2.92. The minimum Gasteiger partial charge on any atom is -0.497 e. The van der Waals surface area contributed by atoms with Crippen molar-refractivity contribution >= 4 is 17.3 Å². The maximum absolute atomic E-state index is 12.2. The average molecular weight is 275 g/mol. The molecule has 0 atom stereocenters. The molecule has 2 rings (SSSR count). The van der Waals surface area contributed by atoms with Gasteiger partial charge in [-0.1, -0.05) is 0 Å². The summed E-state index contributed by atoms with van der Waals surface area (Å²) in [6, 6.07) is 6.79. The van der Waals surface area contributed by atoms with Gasteiger partial charge in [0.15, 0.2) is 0 Å². The minimum absolute atomic E-state index is 0.257. The molecule has 1 heterocycles. The molecule has 0 unspecified atom stereocenters. The van der Waals surface area contributed by atoms with E-state index < -0.39 is 0 Å². The molecule has 1 amide bonds. The maximum atomic E-state index is 12.2. The van der Waals surface area contributed by atoms with Gasteiger partial charge in [0.2, 0.25) is 0 Å². The van der Waals surface area contributed by atoms with Crippen LogP contribution in [0.5, 0.6) is 11.5 Å². The van der Waals surface area contributed by atoms with Crippen molar-refractivity contribution in [2.45, 2.75) is 0 Å². The highest BCUT2D eigenvalue weighted by Gasteiger charge is 2.14. The Labute approximate surface area is 117 Å². The van der Waals surface area contributed by atoms with Crippen LogP contribution in [0.25, 0.3) is 0 Å². The lowest BCUT2D eigenvalue weighted by Crippen LogP contribution is -2.15. The van der Waals surface area contributed by atoms with Crippen molar-refractivity contribution in [2.24, 2.45) is 7.05 Å². The predicted molar refractivity (Wildman–Crippen MR) is 77.3 cm³/mol. The summed E-state index contributed by atoms with van der Waals surface area (Å²) in [5, 5.41) is 2.79. The topological polar surface area (TPSA) is 78.5 Å². The number of benzene rings is 1. The van der Waals surface area contributed by atoms with Gasteiger partial charge in [0.05, 0.1) is 25.6 Å². The number of hydrogen-bond donors (Lipinski definition) is 2. The maximum Gasteiger partial charge on any atom is 0.272 e. The molecule has 0 fully saturated rings. The molecule has 0 bridgehead atoms. The van der Waals surface area contributed by atoms with Gasteiger partial charge in [-0.15, -0.1) is 0 Å². The number of nitrogens with one attached hydrogen (secondary N) is 1. The summed E-state index contributed by atoms with van der Waals surface area (Å²) in [7, 11) is 4.86. The smallest absolute Gasteiger partial charge is 0.272 e. The van der Waals surface area contributed by atoms with E-state index in [4.69, 9.17) is 15.2 Å². The van der Waals surface area contributed by atoms with E-state index in [1.165, 1.54) is 7.11 Å². The number of methoxy groups -OCH3 is 2. The van der Waals surface area contributed by atoms with E-state index in [-0.39, 0.29) is 5.91 Å². The molecular weight excluding hydrogens is 258 g/mol. The van der Waals surface area contributed by atoms with E-state index in [2.05, 4.69) is 5.32 Å². The van der Waals surface area contributed by atoms with Crippen molar-refractivity contribution < 1.29 is 14.3 Å². The van der Waals surface area contributed by atoms with Gasteiger partial charge in [0.25, 0.3) is 5.91 Å². The molecule has 6 nitrogen and oxygen atoms in total. The summed E-state index contributed by atoms with van der Waals surface area (Å²) in [4.78, 5) is 12.2. The largest absolute Gasteiger partial charge is 0.497 e. The van der Waals surface area contributed by atoms with Crippen LogP contribution in [0.2, 0.25) is 0 Å². The Morgan fingerprint density at radius 2 is 2.00 bits per heavy atom. The number of nitrogens with zero attached hydrogens (tertiary/aromatic N) is 1. The number of hydrogen-bond acceptors (Lipinski definition) is 4. The van der Waals surface area contributed by atoms with Crippen molar-refractivity contribution in [3.05, 3.63) is 36.2 Å². The van der Waals surface area contributed by atoms with Gasteiger partial charge in [-0.2, -0.15) is 0 Å². The normalized spacial score (nSPS) is 10.2. The lowest BCUT2D eigenvalue weighted by molar-refractivity contribution is 0.101. The third kappa shape index (κ3) is 2.69. The summed E-state index contributed by atoms with van der Waals surface area (Å²) in [6.45, 7) is 0. The first-order chi connectivity index (χ1) is 9.55. The zero-order chi connectivity index (χ0) is 14.7. The molecule has 0 aliphatic rings. The standard InChI is InChI=1S/C14H17N3O3/c1-17-8-9(15)6-12(17)14(18)16-11-5-4-10(19-2)7-13(11)20-3/h4-8H,15H2,1-3H3,(H,16,18). The number of aryl methyl sites for hydroxylation is 1. The second-order valence-electron chi connectivity index (χ2n) is 4.29. The van der Waals surface area contributed by atoms with Gasteiger partial charge >= 0.3 is 0 Å². The molecule has 3 N–H and O–H groups in total. The molecule has 0 aliphatic heterocycles. The van der Waals surface area contributed by atoms with Crippen LogP contribution in [0, 0.1) is 0 Å². The number of aromatic nitrogens is 1. The predicted octanol–water partition coefficient (Wildman–Crippen LogP) is 1.88. The third-order valence-corrected chi connectivity index (χ3v) is 2.92. The summed E-state index contributed by atoms with van der Waals surface area (Å²) >= 11 is 0. The Kier molecular flexibility index (Phi) is 3.84. The van der Waals surface area contributed by atoms with Crippen LogP contribution in [0.4, 0.5) is 11.4 Å². The first-order valence-corrected chi connectivity index (χ1v) is 6.00. The lowest BCUT2D eigenvalue weighted by Gasteiger charge is -2.11. The van der Waals surface area contributed by atoms with Gasteiger partial charge in [-0.25, -0.2) is 0 Å². The fraction of sp³-hybridized carbons (Fsp3) is 0.214. The summed E-state index contributed by atoms with van der Waals surface area (Å²) < 4.78 is 12.0. The molecule has 0 aliphatic carbocycles. The first-order valence-electron chi connectivity index (χ1n) is 6.00. The number of ether oxygens (including phenoxy) is 2. The Bertz CT molecular complexity index is 635. The Morgan fingerprint density at radius 1 is 1.25 bits per heavy atom. The van der Waals surface area contributed by atoms with Gasteiger partial charge in [-0.3, -0.25) is 4.79 Å². The van der Waals surface area contributed by atoms with Crippen LogP contribution in [0.3, 0.4) is 0 Å². The van der Waals surface area contributed by atoms with E-state index in [0.29, 0.717) is 28.6 Å². The van der Waals surface area contributed by atoms with E-state index in [1.807, 2.05) is 0 Å². The Balaban J connectivity index is 2.25. The van der Waals surface area contributed by atoms with E-state index in [0.717, 1.165) is 0 Å². The lowest BCUT2D eigenvalue weighted by atomic mass is 10.2. The molecule has 1 aromatic carbocycles. The van der Waals surface area contributed by atoms with Crippen molar-refractivity contribution in [1.82, 2.24) is 4.57 Å². The van der Waals surface area contributed by atoms with Gasteiger partial charge in [0, 0.05) is 19.3 Å². The molecule has 0 saturated heterocycles. The molecule has 0 saturated carbocycles. The molecule has 106 valence electrons. The average Bonchev–Trinajstić information content (AvgIpc) is 2.78. The molecule has 0 spiro atoms. The summed E-state index contributed by atoms with van der Waals surface area (Å²) in [5.41, 5.74) is 7.24. The van der Waals surface area contributed by atoms with Gasteiger partial charge in [0.1, 0.15) is 17.2 Å². The second kappa shape index (κ2) is 5.56. The quantitative estimate of drug-likeness (QED) is 0.893. The molecular formula is C14H17N3O3. The van der Waals surface area contributed by atoms with Crippen molar-refractivity contribution in [2.75, 3.05) is 25.3 Å². The van der Waals surface area contributed by atoms with Crippen LogP contribution in [-0.4, -0.2) is 24.7 Å². The number of rotatable bonds is 4. The Hall–Kier alpha value is -2.63. The highest BCUT2D eigenvalue weighted by atomic mass is 16.5. The fourth-order valence-electron chi connectivity index (χ4n) is 1.90. The van der Waals surface area contributed by atoms with Crippen LogP contribution in [-0.2, 0) is 7.05 Å². The first kappa shape index (κ1) is 13.8. The molecule has 2 aromatic rings. The second-order valence-corrected chi connectivity index (χ2v) is 4.29. The number of anilines is 2. The van der Waals surface area contributed by atoms with E-state index >= 15 is 0 Å². The SMILES string of the molecule is COc1ccc(NC(=O)c2cc(N)cn2C)c(OC)c1. The zero-order valence-electron chi connectivity index (χ0n) is 11.6. The molecule has 0 radical (unpaired) electrons. The fourth-order valence-corrected chi connectivity index (χ4v) is 1.90. The van der Waals surface area contributed by atoms with Gasteiger partial charge in [-0.05, 0) is 18.2 Å². The number of carbonyl (C=O) groups is 1. The highest BCUT2D eigenvalue weighted by Crippen LogP contribution is 2.29. The number of amides is 1. The van der Waals surface area contributed by atoms with Crippen molar-refractivity contribution in [1.29, 1.82) is 0 Å². The van der Waals surface area contributed by atoms with Crippen LogP contribution >= 0.6 is 0 Å². The van der Waals surface area contributed by atoms with Crippen LogP contribution in [0.15, 0.2) is 30.5 Å². The van der Waals surface area contributed by atoms with Crippen LogP contribution in [0.1, 0.15) is 10.5 Å². The van der Waals surface area contributed by atoms with Gasteiger partial charge < -0.3 is 25.1 Å². The summed E-state index contributed by atoms with van der Waals surface area (Å²) in [6.07, 6.45) is 1.68. The number of nitrogen functional groups attached to an aromatic ring is 1. The van der Waals surface area contributed by atoms with E-state index in [9.17, 15) is 4.79 Å². The number of carbonyl (C=O) groups excluding carboxylic acids is 1. The minimum atomic E-state index is -0.257. The van der Waals surface area contributed by atoms with E-state index in [1.54, 1.807) is 49.2 Å². The monoisotopic (exact) mass is 275 g/mol. The van der Waals surface area contributed by atoms with Crippen LogP contribution < -0.4 is 20.5 Å². The van der Waals surface area contributed by atoms with Crippen molar-refractivity contribution in [3.63, 3.8) is 0 Å². The molecule has 20 heavy (non-hydrogen) atoms.